The monoisotopic (exact) mass is 296 g/mol. The van der Waals surface area contributed by atoms with Crippen molar-refractivity contribution in [1.29, 1.82) is 0 Å². The molecule has 5 N–H and O–H groups in total. The van der Waals surface area contributed by atoms with E-state index in [4.69, 9.17) is 10.5 Å². The summed E-state index contributed by atoms with van der Waals surface area (Å²) in [5.74, 6) is -0.444. The van der Waals surface area contributed by atoms with Gasteiger partial charge in [-0.3, -0.25) is 0 Å². The van der Waals surface area contributed by atoms with Crippen molar-refractivity contribution in [2.45, 2.75) is 38.7 Å². The predicted octanol–water partition coefficient (Wildman–Crippen LogP) is 1.84. The molecule has 0 bridgehead atoms. The summed E-state index contributed by atoms with van der Waals surface area (Å²) in [6.07, 6.45) is -0.554. The fourth-order valence-electron chi connectivity index (χ4n) is 1.88. The van der Waals surface area contributed by atoms with Gasteiger partial charge in [0.05, 0.1) is 0 Å². The van der Waals surface area contributed by atoms with Crippen LogP contribution in [-0.2, 0) is 10.2 Å². The number of nitrogens with two attached hydrogens (primary N) is 1. The van der Waals surface area contributed by atoms with Crippen LogP contribution in [0, 0.1) is 0 Å². The minimum Gasteiger partial charge on any atom is -0.504 e. The molecule has 1 atom stereocenters. The van der Waals surface area contributed by atoms with E-state index < -0.39 is 17.1 Å². The largest absolute Gasteiger partial charge is 0.504 e. The van der Waals surface area contributed by atoms with E-state index in [1.807, 2.05) is 0 Å². The number of ether oxygens (including phenoxy) is 1. The van der Waals surface area contributed by atoms with Gasteiger partial charge in [-0.1, -0.05) is 19.1 Å². The first kappa shape index (κ1) is 17.1. The molecular formula is C15H24N2O4. The first-order valence-electron chi connectivity index (χ1n) is 6.77. The highest BCUT2D eigenvalue weighted by atomic mass is 16.6. The molecule has 0 heterocycles. The number of nitrogens with one attached hydrogen (secondary N) is 1. The molecule has 1 unspecified atom stereocenters. The van der Waals surface area contributed by atoms with E-state index in [0.29, 0.717) is 5.56 Å². The molecule has 1 rings (SSSR count). The smallest absolute Gasteiger partial charge is 0.407 e. The lowest BCUT2D eigenvalue weighted by Gasteiger charge is -2.30. The Hall–Kier alpha value is -1.95. The summed E-state index contributed by atoms with van der Waals surface area (Å²) < 4.78 is 5.16. The van der Waals surface area contributed by atoms with Crippen LogP contribution in [0.5, 0.6) is 11.5 Å². The summed E-state index contributed by atoms with van der Waals surface area (Å²) in [4.78, 5) is 11.7. The zero-order chi connectivity index (χ0) is 16.3. The van der Waals surface area contributed by atoms with Crippen molar-refractivity contribution in [3.05, 3.63) is 23.8 Å². The molecule has 0 spiro atoms. The third-order valence-corrected chi connectivity index (χ3v) is 3.14. The number of benzene rings is 1. The summed E-state index contributed by atoms with van der Waals surface area (Å²) >= 11 is 0. The van der Waals surface area contributed by atoms with Crippen LogP contribution in [0.15, 0.2) is 18.2 Å². The molecular weight excluding hydrogens is 272 g/mol. The van der Waals surface area contributed by atoms with Crippen LogP contribution in [0.4, 0.5) is 4.79 Å². The minimum absolute atomic E-state index is 0.176. The number of amides is 1. The molecule has 0 fully saturated rings. The fraction of sp³-hybridized carbons (Fsp3) is 0.533. The Morgan fingerprint density at radius 3 is 2.43 bits per heavy atom. The Morgan fingerprint density at radius 1 is 1.29 bits per heavy atom. The Balaban J connectivity index is 2.86. The van der Waals surface area contributed by atoms with Gasteiger partial charge in [0.25, 0.3) is 0 Å². The molecule has 0 aliphatic carbocycles. The maximum Gasteiger partial charge on any atom is 0.407 e. The molecule has 1 amide bonds. The summed E-state index contributed by atoms with van der Waals surface area (Å²) in [6, 6.07) is 4.67. The number of rotatable bonds is 4. The number of hydrogen-bond donors (Lipinski definition) is 4. The standard InChI is InChI=1S/C15H24N2O4/c1-14(2,3)21-13(20)17-9-15(4,8-16)10-6-5-7-11(18)12(10)19/h5-7,18-19H,8-9,16H2,1-4H3,(H,17,20). The minimum atomic E-state index is -0.722. The topological polar surface area (TPSA) is 105 Å². The van der Waals surface area contributed by atoms with Crippen molar-refractivity contribution in [3.63, 3.8) is 0 Å². The van der Waals surface area contributed by atoms with E-state index in [9.17, 15) is 15.0 Å². The lowest BCUT2D eigenvalue weighted by atomic mass is 9.81. The first-order chi connectivity index (χ1) is 9.59. The third kappa shape index (κ3) is 4.53. The second kappa shape index (κ2) is 6.22. The molecule has 21 heavy (non-hydrogen) atoms. The van der Waals surface area contributed by atoms with E-state index in [2.05, 4.69) is 5.32 Å². The van der Waals surface area contributed by atoms with Gasteiger partial charge in [-0.25, -0.2) is 4.79 Å². The van der Waals surface area contributed by atoms with Gasteiger partial charge in [-0.2, -0.15) is 0 Å². The molecule has 0 saturated heterocycles. The van der Waals surface area contributed by atoms with Crippen molar-refractivity contribution in [2.24, 2.45) is 5.73 Å². The normalized spacial score (nSPS) is 14.3. The number of alkyl carbamates (subject to hydrolysis) is 1. The van der Waals surface area contributed by atoms with E-state index in [-0.39, 0.29) is 24.6 Å². The van der Waals surface area contributed by atoms with Gasteiger partial charge in [-0.05, 0) is 26.8 Å². The molecule has 118 valence electrons. The van der Waals surface area contributed by atoms with Gasteiger partial charge in [-0.15, -0.1) is 0 Å². The second-order valence-electron chi connectivity index (χ2n) is 6.29. The number of hydrogen-bond acceptors (Lipinski definition) is 5. The lowest BCUT2D eigenvalue weighted by molar-refractivity contribution is 0.0516. The number of carbonyl (C=O) groups is 1. The van der Waals surface area contributed by atoms with Crippen LogP contribution in [0.25, 0.3) is 0 Å². The molecule has 6 nitrogen and oxygen atoms in total. The van der Waals surface area contributed by atoms with Gasteiger partial charge >= 0.3 is 6.09 Å². The molecule has 0 aromatic heterocycles. The van der Waals surface area contributed by atoms with E-state index in [1.165, 1.54) is 6.07 Å². The Kier molecular flexibility index (Phi) is 5.06. The average molecular weight is 296 g/mol. The maximum absolute atomic E-state index is 11.7. The highest BCUT2D eigenvalue weighted by Crippen LogP contribution is 2.36. The van der Waals surface area contributed by atoms with Gasteiger partial charge < -0.3 is 26.0 Å². The zero-order valence-electron chi connectivity index (χ0n) is 12.9. The van der Waals surface area contributed by atoms with Crippen LogP contribution in [0.3, 0.4) is 0 Å². The fourth-order valence-corrected chi connectivity index (χ4v) is 1.88. The van der Waals surface area contributed by atoms with E-state index in [1.54, 1.807) is 39.8 Å². The number of phenolic OH excluding ortho intramolecular Hbond substituents is 2. The molecule has 0 aliphatic rings. The van der Waals surface area contributed by atoms with Gasteiger partial charge in [0, 0.05) is 24.1 Å². The highest BCUT2D eigenvalue weighted by Gasteiger charge is 2.30. The number of aromatic hydroxyl groups is 2. The molecule has 1 aromatic carbocycles. The summed E-state index contributed by atoms with van der Waals surface area (Å²) in [6.45, 7) is 7.47. The van der Waals surface area contributed by atoms with Crippen molar-refractivity contribution in [2.75, 3.05) is 13.1 Å². The number of phenols is 2. The summed E-state index contributed by atoms with van der Waals surface area (Å²) in [7, 11) is 0. The van der Waals surface area contributed by atoms with Gasteiger partial charge in [0.15, 0.2) is 11.5 Å². The SMILES string of the molecule is CC(C)(C)OC(=O)NCC(C)(CN)c1cccc(O)c1O. The van der Waals surface area contributed by atoms with Crippen molar-refractivity contribution >= 4 is 6.09 Å². The van der Waals surface area contributed by atoms with E-state index >= 15 is 0 Å². The van der Waals surface area contributed by atoms with E-state index in [0.717, 1.165) is 0 Å². The van der Waals surface area contributed by atoms with Crippen LogP contribution in [0.2, 0.25) is 0 Å². The number of para-hydroxylation sites is 1. The molecule has 0 saturated carbocycles. The van der Waals surface area contributed by atoms with Crippen LogP contribution < -0.4 is 11.1 Å². The highest BCUT2D eigenvalue weighted by molar-refractivity contribution is 5.68. The number of carbonyl (C=O) groups excluding carboxylic acids is 1. The Labute approximate surface area is 124 Å². The molecule has 6 heteroatoms. The molecule has 1 aromatic rings. The third-order valence-electron chi connectivity index (χ3n) is 3.14. The van der Waals surface area contributed by atoms with Crippen molar-refractivity contribution < 1.29 is 19.7 Å². The Bertz CT molecular complexity index is 511. The second-order valence-corrected chi connectivity index (χ2v) is 6.29. The first-order valence-corrected chi connectivity index (χ1v) is 6.77. The van der Waals surface area contributed by atoms with Gasteiger partial charge in [0.1, 0.15) is 5.60 Å². The summed E-state index contributed by atoms with van der Waals surface area (Å²) in [5.41, 5.74) is 4.95. The zero-order valence-corrected chi connectivity index (χ0v) is 12.9. The average Bonchev–Trinajstić information content (AvgIpc) is 2.37. The lowest BCUT2D eigenvalue weighted by Crippen LogP contribution is -2.45. The maximum atomic E-state index is 11.7. The van der Waals surface area contributed by atoms with Crippen molar-refractivity contribution in [3.8, 4) is 11.5 Å². The van der Waals surface area contributed by atoms with Crippen LogP contribution in [-0.4, -0.2) is 35.0 Å². The quantitative estimate of drug-likeness (QED) is 0.635. The predicted molar refractivity (Wildman–Crippen MR) is 80.4 cm³/mol. The van der Waals surface area contributed by atoms with Crippen LogP contribution in [0.1, 0.15) is 33.3 Å². The Morgan fingerprint density at radius 2 is 1.90 bits per heavy atom. The molecule has 0 radical (unpaired) electrons. The van der Waals surface area contributed by atoms with Crippen molar-refractivity contribution in [1.82, 2.24) is 5.32 Å². The van der Waals surface area contributed by atoms with Gasteiger partial charge in [0.2, 0.25) is 0 Å². The van der Waals surface area contributed by atoms with Crippen LogP contribution >= 0.6 is 0 Å². The summed E-state index contributed by atoms with van der Waals surface area (Å²) in [5, 5.41) is 22.2. The molecule has 0 aliphatic heterocycles.